The molecule has 4 heterocycles. The van der Waals surface area contributed by atoms with Gasteiger partial charge in [0.2, 0.25) is 0 Å². The standard InChI is InChI=1S/C22H26N4O2/c1-15-16(2)23-14-24-22(15)26-9-17-8-25(19(10-26)13-27-12-17)11-20-7-18-5-3-4-6-21(18)28-20/h3-7,14,17,19H,8-13H2,1-2H3/t17-,19+/m1/s1. The Hall–Kier alpha value is -2.44. The molecular weight excluding hydrogens is 352 g/mol. The van der Waals surface area contributed by atoms with Gasteiger partial charge in [0.05, 0.1) is 25.8 Å². The number of furan rings is 1. The van der Waals surface area contributed by atoms with Gasteiger partial charge >= 0.3 is 0 Å². The average molecular weight is 378 g/mol. The largest absolute Gasteiger partial charge is 0.460 e. The van der Waals surface area contributed by atoms with Gasteiger partial charge in [-0.15, -0.1) is 0 Å². The number of hydrogen-bond acceptors (Lipinski definition) is 6. The molecule has 1 aromatic carbocycles. The van der Waals surface area contributed by atoms with Gasteiger partial charge in [-0.3, -0.25) is 4.90 Å². The minimum Gasteiger partial charge on any atom is -0.460 e. The van der Waals surface area contributed by atoms with Crippen molar-refractivity contribution in [2.24, 2.45) is 5.92 Å². The summed E-state index contributed by atoms with van der Waals surface area (Å²) in [5.74, 6) is 2.54. The number of anilines is 1. The van der Waals surface area contributed by atoms with Crippen molar-refractivity contribution >= 4 is 16.8 Å². The third kappa shape index (κ3) is 3.27. The van der Waals surface area contributed by atoms with E-state index < -0.39 is 0 Å². The van der Waals surface area contributed by atoms with Crippen molar-refractivity contribution in [3.63, 3.8) is 0 Å². The molecule has 28 heavy (non-hydrogen) atoms. The Morgan fingerprint density at radius 1 is 1.07 bits per heavy atom. The fourth-order valence-electron chi connectivity index (χ4n) is 4.45. The zero-order chi connectivity index (χ0) is 19.1. The van der Waals surface area contributed by atoms with E-state index in [0.717, 1.165) is 62.2 Å². The van der Waals surface area contributed by atoms with Crippen LogP contribution in [0.2, 0.25) is 0 Å². The summed E-state index contributed by atoms with van der Waals surface area (Å²) in [6.45, 7) is 9.42. The molecule has 0 N–H and O–H groups in total. The zero-order valence-corrected chi connectivity index (χ0v) is 16.5. The van der Waals surface area contributed by atoms with Crippen molar-refractivity contribution in [1.82, 2.24) is 14.9 Å². The molecule has 2 saturated heterocycles. The summed E-state index contributed by atoms with van der Waals surface area (Å²) in [6.07, 6.45) is 1.68. The van der Waals surface area contributed by atoms with Crippen LogP contribution in [0.4, 0.5) is 5.82 Å². The molecule has 0 unspecified atom stereocenters. The highest BCUT2D eigenvalue weighted by molar-refractivity contribution is 5.77. The van der Waals surface area contributed by atoms with Crippen LogP contribution in [0.25, 0.3) is 11.0 Å². The molecule has 0 amide bonds. The Balaban J connectivity index is 1.41. The number of benzene rings is 1. The van der Waals surface area contributed by atoms with Gasteiger partial charge in [-0.1, -0.05) is 18.2 Å². The number of aryl methyl sites for hydroxylation is 1. The fourth-order valence-corrected chi connectivity index (χ4v) is 4.45. The van der Waals surface area contributed by atoms with Crippen LogP contribution in [0, 0.1) is 19.8 Å². The molecule has 2 bridgehead atoms. The lowest BCUT2D eigenvalue weighted by molar-refractivity contribution is 0.0857. The van der Waals surface area contributed by atoms with Crippen molar-refractivity contribution in [2.75, 3.05) is 37.7 Å². The van der Waals surface area contributed by atoms with Crippen LogP contribution in [0.3, 0.4) is 0 Å². The third-order valence-corrected chi connectivity index (χ3v) is 6.03. The minimum atomic E-state index is 0.315. The number of ether oxygens (including phenoxy) is 1. The lowest BCUT2D eigenvalue weighted by atomic mass is 10.1. The van der Waals surface area contributed by atoms with Crippen LogP contribution in [-0.4, -0.2) is 53.8 Å². The van der Waals surface area contributed by atoms with Crippen molar-refractivity contribution in [3.05, 3.63) is 53.7 Å². The van der Waals surface area contributed by atoms with Crippen LogP contribution in [0.1, 0.15) is 17.0 Å². The first-order valence-electron chi connectivity index (χ1n) is 10.00. The topological polar surface area (TPSA) is 54.6 Å². The average Bonchev–Trinajstić information content (AvgIpc) is 2.88. The van der Waals surface area contributed by atoms with Gasteiger partial charge in [-0.2, -0.15) is 0 Å². The summed E-state index contributed by atoms with van der Waals surface area (Å²) in [5, 5.41) is 1.17. The Morgan fingerprint density at radius 3 is 2.86 bits per heavy atom. The Morgan fingerprint density at radius 2 is 1.96 bits per heavy atom. The van der Waals surface area contributed by atoms with Gasteiger partial charge in [0, 0.05) is 42.2 Å². The molecule has 2 aliphatic heterocycles. The highest BCUT2D eigenvalue weighted by Gasteiger charge is 2.34. The van der Waals surface area contributed by atoms with Crippen LogP contribution in [0.5, 0.6) is 0 Å². The first-order valence-corrected chi connectivity index (χ1v) is 10.00. The van der Waals surface area contributed by atoms with E-state index in [9.17, 15) is 0 Å². The molecule has 0 radical (unpaired) electrons. The van der Waals surface area contributed by atoms with Crippen LogP contribution in [0.15, 0.2) is 41.1 Å². The van der Waals surface area contributed by atoms with Gasteiger partial charge in [0.15, 0.2) is 0 Å². The number of fused-ring (bicyclic) bond motifs is 4. The molecule has 0 saturated carbocycles. The van der Waals surface area contributed by atoms with Crippen LogP contribution < -0.4 is 4.90 Å². The molecule has 5 rings (SSSR count). The molecule has 2 aliphatic rings. The van der Waals surface area contributed by atoms with E-state index in [2.05, 4.69) is 51.8 Å². The quantitative estimate of drug-likeness (QED) is 0.698. The van der Waals surface area contributed by atoms with Crippen molar-refractivity contribution in [3.8, 4) is 0 Å². The fraction of sp³-hybridized carbons (Fsp3) is 0.455. The summed E-state index contributed by atoms with van der Waals surface area (Å²) in [7, 11) is 0. The molecule has 2 aromatic heterocycles. The van der Waals surface area contributed by atoms with Gasteiger partial charge < -0.3 is 14.1 Å². The molecule has 6 heteroatoms. The van der Waals surface area contributed by atoms with Gasteiger partial charge in [-0.05, 0) is 26.0 Å². The molecule has 2 atom stereocenters. The molecule has 6 nitrogen and oxygen atoms in total. The first-order chi connectivity index (χ1) is 13.7. The van der Waals surface area contributed by atoms with E-state index in [1.807, 2.05) is 12.1 Å². The SMILES string of the molecule is Cc1ncnc(N2C[C@@H]3COC[C@H](C2)N(Cc2cc4ccccc4o2)C3)c1C. The van der Waals surface area contributed by atoms with Crippen LogP contribution in [-0.2, 0) is 11.3 Å². The zero-order valence-electron chi connectivity index (χ0n) is 16.5. The normalized spacial score (nSPS) is 23.1. The monoisotopic (exact) mass is 378 g/mol. The molecule has 3 aromatic rings. The number of rotatable bonds is 3. The predicted octanol–water partition coefficient (Wildman–Crippen LogP) is 3.18. The minimum absolute atomic E-state index is 0.315. The smallest absolute Gasteiger partial charge is 0.135 e. The molecule has 146 valence electrons. The van der Waals surface area contributed by atoms with Crippen LogP contribution >= 0.6 is 0 Å². The highest BCUT2D eigenvalue weighted by Crippen LogP contribution is 2.28. The summed E-state index contributed by atoms with van der Waals surface area (Å²) < 4.78 is 12.1. The second-order valence-corrected chi connectivity index (χ2v) is 8.05. The maximum absolute atomic E-state index is 6.09. The number of nitrogens with zero attached hydrogens (tertiary/aromatic N) is 4. The molecule has 2 fully saturated rings. The predicted molar refractivity (Wildman–Crippen MR) is 108 cm³/mol. The summed E-state index contributed by atoms with van der Waals surface area (Å²) in [4.78, 5) is 13.9. The van der Waals surface area contributed by atoms with Crippen molar-refractivity contribution in [2.45, 2.75) is 26.4 Å². The molecular formula is C22H26N4O2. The molecule has 0 aliphatic carbocycles. The van der Waals surface area contributed by atoms with Gasteiger partial charge in [-0.25, -0.2) is 9.97 Å². The number of aromatic nitrogens is 2. The van der Waals surface area contributed by atoms with E-state index in [0.29, 0.717) is 12.0 Å². The first kappa shape index (κ1) is 17.6. The summed E-state index contributed by atoms with van der Waals surface area (Å²) >= 11 is 0. The van der Waals surface area contributed by atoms with E-state index in [1.54, 1.807) is 6.33 Å². The van der Waals surface area contributed by atoms with Gasteiger partial charge in [0.25, 0.3) is 0 Å². The maximum atomic E-state index is 6.09. The summed E-state index contributed by atoms with van der Waals surface area (Å²) in [5.41, 5.74) is 3.18. The van der Waals surface area contributed by atoms with E-state index in [-0.39, 0.29) is 0 Å². The Kier molecular flexibility index (Phi) is 4.53. The van der Waals surface area contributed by atoms with Crippen molar-refractivity contribution in [1.29, 1.82) is 0 Å². The maximum Gasteiger partial charge on any atom is 0.135 e. The van der Waals surface area contributed by atoms with E-state index in [1.165, 1.54) is 10.9 Å². The van der Waals surface area contributed by atoms with Crippen molar-refractivity contribution < 1.29 is 9.15 Å². The second-order valence-electron chi connectivity index (χ2n) is 8.05. The second kappa shape index (κ2) is 7.18. The number of hydrogen-bond donors (Lipinski definition) is 0. The highest BCUT2D eigenvalue weighted by atomic mass is 16.5. The summed E-state index contributed by atoms with van der Waals surface area (Å²) in [6, 6.07) is 10.7. The lowest BCUT2D eigenvalue weighted by Crippen LogP contribution is -2.44. The van der Waals surface area contributed by atoms with E-state index in [4.69, 9.17) is 9.15 Å². The number of para-hydroxylation sites is 1. The Labute approximate surface area is 165 Å². The third-order valence-electron chi connectivity index (χ3n) is 6.03. The van der Waals surface area contributed by atoms with Gasteiger partial charge in [0.1, 0.15) is 23.5 Å². The lowest BCUT2D eigenvalue weighted by Gasteiger charge is -2.32. The van der Waals surface area contributed by atoms with E-state index >= 15 is 0 Å². The Bertz CT molecular complexity index is 953. The molecule has 0 spiro atoms.